The summed E-state index contributed by atoms with van der Waals surface area (Å²) in [6, 6.07) is 5.01. The van der Waals surface area contributed by atoms with Crippen molar-refractivity contribution in [1.29, 1.82) is 0 Å². The molecule has 10 heteroatoms. The zero-order valence-electron chi connectivity index (χ0n) is 14.4. The molecular weight excluding hydrogens is 366 g/mol. The number of hydrogen-bond donors (Lipinski definition) is 2. The van der Waals surface area contributed by atoms with Crippen LogP contribution in [-0.4, -0.2) is 60.1 Å². The number of sulfonamides is 2. The minimum atomic E-state index is -3.95. The molecule has 0 aliphatic carbocycles. The second-order valence-corrected chi connectivity index (χ2v) is 9.62. The van der Waals surface area contributed by atoms with E-state index in [-0.39, 0.29) is 28.5 Å². The van der Waals surface area contributed by atoms with Crippen LogP contribution in [-0.2, 0) is 24.8 Å². The average molecular weight is 392 g/mol. The van der Waals surface area contributed by atoms with Crippen LogP contribution < -0.4 is 9.86 Å². The number of nitrogens with zero attached hydrogens (tertiary/aromatic N) is 1. The van der Waals surface area contributed by atoms with Gasteiger partial charge in [0.2, 0.25) is 20.0 Å². The van der Waals surface area contributed by atoms with E-state index in [1.54, 1.807) is 0 Å². The molecule has 2 atom stereocenters. The van der Waals surface area contributed by atoms with Crippen LogP contribution >= 0.6 is 0 Å². The second-order valence-electron chi connectivity index (χ2n) is 6.29. The predicted molar refractivity (Wildman–Crippen MR) is 94.1 cm³/mol. The third-order valence-electron chi connectivity index (χ3n) is 3.88. The maximum Gasteiger partial charge on any atom is 0.240 e. The first kappa shape index (κ1) is 20.3. The van der Waals surface area contributed by atoms with Crippen molar-refractivity contribution in [3.8, 4) is 0 Å². The molecule has 1 aliphatic rings. The molecule has 1 aromatic carbocycles. The van der Waals surface area contributed by atoms with Crippen LogP contribution in [0, 0.1) is 0 Å². The highest BCUT2D eigenvalue weighted by Crippen LogP contribution is 2.15. The summed E-state index contributed by atoms with van der Waals surface area (Å²) in [5, 5.41) is 5.04. The summed E-state index contributed by atoms with van der Waals surface area (Å²) >= 11 is 0. The summed E-state index contributed by atoms with van der Waals surface area (Å²) in [7, 11) is -7.73. The first-order valence-corrected chi connectivity index (χ1v) is 11.1. The third kappa shape index (κ3) is 6.01. The molecule has 1 saturated heterocycles. The fraction of sp³-hybridized carbons (Fsp3) is 0.600. The Hall–Kier alpha value is -1.04. The van der Waals surface area contributed by atoms with Crippen molar-refractivity contribution in [2.45, 2.75) is 42.3 Å². The number of morpholine rings is 1. The molecule has 0 amide bonds. The first-order chi connectivity index (χ1) is 11.6. The normalized spacial score (nSPS) is 22.8. The maximum absolute atomic E-state index is 12.3. The van der Waals surface area contributed by atoms with Crippen molar-refractivity contribution in [2.24, 2.45) is 5.14 Å². The first-order valence-electron chi connectivity index (χ1n) is 8.08. The van der Waals surface area contributed by atoms with Gasteiger partial charge < -0.3 is 4.74 Å². The van der Waals surface area contributed by atoms with E-state index in [4.69, 9.17) is 9.88 Å². The van der Waals surface area contributed by atoms with E-state index in [0.29, 0.717) is 6.42 Å². The number of nitrogens with two attached hydrogens (primary N) is 1. The smallest absolute Gasteiger partial charge is 0.240 e. The molecule has 1 heterocycles. The van der Waals surface area contributed by atoms with Crippen LogP contribution in [0.3, 0.4) is 0 Å². The van der Waals surface area contributed by atoms with Crippen LogP contribution in [0.25, 0.3) is 0 Å². The molecule has 142 valence electrons. The molecule has 0 spiro atoms. The summed E-state index contributed by atoms with van der Waals surface area (Å²) < 4.78 is 55.4. The van der Waals surface area contributed by atoms with Crippen molar-refractivity contribution in [3.63, 3.8) is 0 Å². The molecule has 0 radical (unpaired) electrons. The lowest BCUT2D eigenvalue weighted by Crippen LogP contribution is -2.46. The molecule has 0 saturated carbocycles. The Labute approximate surface area is 149 Å². The molecule has 8 nitrogen and oxygen atoms in total. The second kappa shape index (κ2) is 8.11. The lowest BCUT2D eigenvalue weighted by Gasteiger charge is -2.35. The topological polar surface area (TPSA) is 119 Å². The Morgan fingerprint density at radius 3 is 2.36 bits per heavy atom. The van der Waals surface area contributed by atoms with Crippen LogP contribution in [0.1, 0.15) is 20.3 Å². The van der Waals surface area contributed by atoms with Gasteiger partial charge in [-0.15, -0.1) is 0 Å². The zero-order chi connectivity index (χ0) is 18.7. The van der Waals surface area contributed by atoms with Gasteiger partial charge in [0, 0.05) is 19.6 Å². The third-order valence-corrected chi connectivity index (χ3v) is 6.25. The highest BCUT2D eigenvalue weighted by molar-refractivity contribution is 7.90. The number of primary sulfonamides is 1. The van der Waals surface area contributed by atoms with E-state index in [0.717, 1.165) is 25.7 Å². The number of benzene rings is 1. The largest absolute Gasteiger partial charge is 0.373 e. The van der Waals surface area contributed by atoms with Gasteiger partial charge in [0.25, 0.3) is 0 Å². The molecule has 3 N–H and O–H groups in total. The van der Waals surface area contributed by atoms with E-state index in [9.17, 15) is 16.8 Å². The van der Waals surface area contributed by atoms with Crippen LogP contribution in [0.15, 0.2) is 34.1 Å². The molecule has 2 unspecified atom stereocenters. The van der Waals surface area contributed by atoms with Gasteiger partial charge in [-0.1, -0.05) is 6.07 Å². The van der Waals surface area contributed by atoms with E-state index in [1.807, 2.05) is 13.8 Å². The highest BCUT2D eigenvalue weighted by Gasteiger charge is 2.22. The van der Waals surface area contributed by atoms with E-state index >= 15 is 0 Å². The molecule has 25 heavy (non-hydrogen) atoms. The molecule has 1 aliphatic heterocycles. The van der Waals surface area contributed by atoms with Gasteiger partial charge in [-0.3, -0.25) is 4.90 Å². The minimum absolute atomic E-state index is 0.118. The minimum Gasteiger partial charge on any atom is -0.373 e. The summed E-state index contributed by atoms with van der Waals surface area (Å²) in [5.74, 6) is 0. The van der Waals surface area contributed by atoms with Gasteiger partial charge in [-0.25, -0.2) is 26.7 Å². The van der Waals surface area contributed by atoms with E-state index in [1.165, 1.54) is 18.2 Å². The SMILES string of the molecule is CC1CN(CCCNS(=O)(=O)c2cccc(S(N)(=O)=O)c2)CC(C)O1. The van der Waals surface area contributed by atoms with Gasteiger partial charge >= 0.3 is 0 Å². The van der Waals surface area contributed by atoms with Crippen molar-refractivity contribution in [3.05, 3.63) is 24.3 Å². The van der Waals surface area contributed by atoms with Crippen LogP contribution in [0.5, 0.6) is 0 Å². The van der Waals surface area contributed by atoms with Gasteiger partial charge in [0.15, 0.2) is 0 Å². The number of nitrogens with one attached hydrogen (secondary N) is 1. The average Bonchev–Trinajstić information content (AvgIpc) is 2.50. The summed E-state index contributed by atoms with van der Waals surface area (Å²) in [4.78, 5) is 1.90. The molecule has 1 fully saturated rings. The highest BCUT2D eigenvalue weighted by atomic mass is 32.2. The quantitative estimate of drug-likeness (QED) is 0.637. The number of rotatable bonds is 7. The Kier molecular flexibility index (Phi) is 6.57. The predicted octanol–water partition coefficient (Wildman–Crippen LogP) is 0.112. The van der Waals surface area contributed by atoms with Crippen molar-refractivity contribution in [2.75, 3.05) is 26.2 Å². The van der Waals surface area contributed by atoms with E-state index < -0.39 is 20.0 Å². The van der Waals surface area contributed by atoms with Crippen molar-refractivity contribution in [1.82, 2.24) is 9.62 Å². The maximum atomic E-state index is 12.3. The standard InChI is InChI=1S/C15H25N3O5S2/c1-12-10-18(11-13(2)23-12)8-4-7-17-25(21,22)15-6-3-5-14(9-15)24(16,19)20/h3,5-6,9,12-13,17H,4,7-8,10-11H2,1-2H3,(H2,16,19,20). The Balaban J connectivity index is 1.90. The number of hydrogen-bond acceptors (Lipinski definition) is 6. The lowest BCUT2D eigenvalue weighted by molar-refractivity contribution is -0.0679. The lowest BCUT2D eigenvalue weighted by atomic mass is 10.2. The summed E-state index contributed by atoms with van der Waals surface area (Å²) in [6.45, 7) is 6.72. The molecular formula is C15H25N3O5S2. The Bertz CT molecular complexity index is 785. The van der Waals surface area contributed by atoms with Gasteiger partial charge in [-0.2, -0.15) is 0 Å². The Morgan fingerprint density at radius 1 is 1.16 bits per heavy atom. The molecule has 0 bridgehead atoms. The molecule has 2 rings (SSSR count). The van der Waals surface area contributed by atoms with Gasteiger partial charge in [-0.05, 0) is 45.0 Å². The Morgan fingerprint density at radius 2 is 1.76 bits per heavy atom. The molecule has 1 aromatic rings. The van der Waals surface area contributed by atoms with Gasteiger partial charge in [0.05, 0.1) is 22.0 Å². The van der Waals surface area contributed by atoms with Crippen LogP contribution in [0.2, 0.25) is 0 Å². The fourth-order valence-corrected chi connectivity index (χ4v) is 4.63. The molecule has 0 aromatic heterocycles. The fourth-order valence-electron chi connectivity index (χ4n) is 2.88. The number of ether oxygens (including phenoxy) is 1. The zero-order valence-corrected chi connectivity index (χ0v) is 16.0. The van der Waals surface area contributed by atoms with Crippen molar-refractivity contribution >= 4 is 20.0 Å². The van der Waals surface area contributed by atoms with E-state index in [2.05, 4.69) is 9.62 Å². The van der Waals surface area contributed by atoms with Crippen LogP contribution in [0.4, 0.5) is 0 Å². The monoisotopic (exact) mass is 391 g/mol. The van der Waals surface area contributed by atoms with Gasteiger partial charge in [0.1, 0.15) is 0 Å². The summed E-state index contributed by atoms with van der Waals surface area (Å²) in [6.07, 6.45) is 0.982. The summed E-state index contributed by atoms with van der Waals surface area (Å²) in [5.41, 5.74) is 0. The van der Waals surface area contributed by atoms with Crippen molar-refractivity contribution < 1.29 is 21.6 Å².